The summed E-state index contributed by atoms with van der Waals surface area (Å²) in [5.74, 6) is -4.93. The van der Waals surface area contributed by atoms with E-state index in [1.54, 1.807) is 6.92 Å². The van der Waals surface area contributed by atoms with Gasteiger partial charge < -0.3 is 38.8 Å². The lowest BCUT2D eigenvalue weighted by atomic mass is 10.0. The Morgan fingerprint density at radius 1 is 0.617 bits per heavy atom. The molecular formula is C64H99N5O11S. The summed E-state index contributed by atoms with van der Waals surface area (Å²) in [6, 6.07) is 7.80. The van der Waals surface area contributed by atoms with Crippen LogP contribution >= 0.6 is 11.3 Å². The second kappa shape index (κ2) is 48.1. The number of carbonyl (C=O) groups excluding carboxylic acids is 2. The van der Waals surface area contributed by atoms with E-state index in [0.29, 0.717) is 46.5 Å². The molecule has 1 heterocycles. The predicted molar refractivity (Wildman–Crippen MR) is 323 cm³/mol. The second-order valence-corrected chi connectivity index (χ2v) is 21.9. The lowest BCUT2D eigenvalue weighted by molar-refractivity contribution is -0.152. The third-order valence-corrected chi connectivity index (χ3v) is 15.2. The highest BCUT2D eigenvalue weighted by Crippen LogP contribution is 2.41. The molecule has 16 nitrogen and oxygen atoms in total. The van der Waals surface area contributed by atoms with Crippen molar-refractivity contribution in [2.24, 2.45) is 22.1 Å². The molecule has 2 atom stereocenters. The zero-order valence-corrected chi connectivity index (χ0v) is 50.6. The third kappa shape index (κ3) is 35.2. The number of carboxylic acids is 2. The van der Waals surface area contributed by atoms with E-state index in [0.717, 1.165) is 48.3 Å². The van der Waals surface area contributed by atoms with Crippen LogP contribution in [0, 0.1) is 43.6 Å². The van der Waals surface area contributed by atoms with Crippen LogP contribution < -0.4 is 4.90 Å². The first-order valence-corrected chi connectivity index (χ1v) is 31.2. The maximum atomic E-state index is 12.6. The smallest absolute Gasteiger partial charge is 0.307 e. The number of anilines is 1. The summed E-state index contributed by atoms with van der Waals surface area (Å²) in [6.07, 6.45) is 37.7. The normalized spacial score (nSPS) is 12.3. The third-order valence-electron chi connectivity index (χ3n) is 14.1. The fraction of sp³-hybridized carbons (Fsp3) is 0.688. The van der Waals surface area contributed by atoms with Crippen molar-refractivity contribution in [3.05, 3.63) is 70.6 Å². The Morgan fingerprint density at radius 2 is 1.04 bits per heavy atom. The Morgan fingerprint density at radius 3 is 1.44 bits per heavy atom. The fourth-order valence-electron chi connectivity index (χ4n) is 9.09. The van der Waals surface area contributed by atoms with Crippen LogP contribution in [-0.2, 0) is 42.9 Å². The molecule has 2 N–H and O–H groups in total. The van der Waals surface area contributed by atoms with Crippen molar-refractivity contribution in [3.63, 3.8) is 0 Å². The van der Waals surface area contributed by atoms with Gasteiger partial charge in [-0.05, 0) is 81.7 Å². The van der Waals surface area contributed by atoms with Gasteiger partial charge in [0, 0.05) is 18.8 Å². The summed E-state index contributed by atoms with van der Waals surface area (Å²) in [5, 5.41) is 38.6. The number of carbonyl (C=O) groups is 4. The van der Waals surface area contributed by atoms with E-state index in [4.69, 9.17) is 30.3 Å². The molecule has 0 aliphatic rings. The highest BCUT2D eigenvalue weighted by Gasteiger charge is 2.22. The van der Waals surface area contributed by atoms with Crippen molar-refractivity contribution in [3.8, 4) is 6.07 Å². The summed E-state index contributed by atoms with van der Waals surface area (Å²) in [5.41, 5.74) is 3.19. The number of allylic oxidation sites excluding steroid dienone is 4. The summed E-state index contributed by atoms with van der Waals surface area (Å²) in [4.78, 5) is 54.5. The number of azo groups is 1. The van der Waals surface area contributed by atoms with Gasteiger partial charge in [-0.3, -0.25) is 19.2 Å². The molecule has 0 saturated heterocycles. The lowest BCUT2D eigenvalue weighted by Gasteiger charge is -2.25. The van der Waals surface area contributed by atoms with E-state index in [1.165, 1.54) is 128 Å². The number of ether oxygens (including phenoxy) is 5. The van der Waals surface area contributed by atoms with Crippen LogP contribution in [0.1, 0.15) is 210 Å². The van der Waals surface area contributed by atoms with E-state index in [9.17, 15) is 34.7 Å². The first-order chi connectivity index (χ1) is 39.4. The number of aliphatic carboxylic acids is 2. The molecule has 2 rings (SSSR count). The van der Waals surface area contributed by atoms with Gasteiger partial charge in [0.1, 0.15) is 24.3 Å². The van der Waals surface area contributed by atoms with E-state index >= 15 is 0 Å². The summed E-state index contributed by atoms with van der Waals surface area (Å²) >= 11 is 1.13. The van der Waals surface area contributed by atoms with Crippen LogP contribution in [0.15, 0.2) is 52.7 Å². The minimum Gasteiger partial charge on any atom is -0.481 e. The number of benzene rings is 1. The van der Waals surface area contributed by atoms with E-state index in [-0.39, 0.29) is 71.9 Å². The van der Waals surface area contributed by atoms with Crippen LogP contribution in [-0.4, -0.2) is 100 Å². The average molecular weight is 1150 g/mol. The quantitative estimate of drug-likeness (QED) is 0.0208. The van der Waals surface area contributed by atoms with E-state index in [2.05, 4.69) is 39.9 Å². The number of carboxylic acid groups (broad SMARTS) is 2. The number of unbranched alkanes of at least 4 members (excludes halogenated alkanes) is 22. The van der Waals surface area contributed by atoms with Gasteiger partial charge in [-0.15, -0.1) is 21.6 Å². The van der Waals surface area contributed by atoms with Crippen LogP contribution in [0.2, 0.25) is 0 Å². The molecule has 1 aromatic carbocycles. The lowest BCUT2D eigenvalue weighted by Crippen LogP contribution is -2.31. The maximum Gasteiger partial charge on any atom is 0.307 e. The maximum absolute atomic E-state index is 12.6. The van der Waals surface area contributed by atoms with Crippen molar-refractivity contribution in [2.75, 3.05) is 70.8 Å². The molecular weight excluding hydrogens is 1050 g/mol. The number of nitrogens with zero attached hydrogens (tertiary/aromatic N) is 5. The van der Waals surface area contributed by atoms with Crippen molar-refractivity contribution >= 4 is 56.6 Å². The monoisotopic (exact) mass is 1150 g/mol. The molecule has 452 valence electrons. The van der Waals surface area contributed by atoms with Crippen LogP contribution in [0.25, 0.3) is 4.85 Å². The molecule has 0 spiro atoms. The second-order valence-electron chi connectivity index (χ2n) is 20.9. The van der Waals surface area contributed by atoms with Crippen LogP contribution in [0.5, 0.6) is 0 Å². The van der Waals surface area contributed by atoms with Crippen molar-refractivity contribution in [1.82, 2.24) is 0 Å². The summed E-state index contributed by atoms with van der Waals surface area (Å²) in [6.45, 7) is 17.8. The van der Waals surface area contributed by atoms with Crippen molar-refractivity contribution in [2.45, 2.75) is 207 Å². The highest BCUT2D eigenvalue weighted by atomic mass is 32.1. The van der Waals surface area contributed by atoms with Crippen LogP contribution in [0.3, 0.4) is 0 Å². The Balaban J connectivity index is 1.78. The Hall–Kier alpha value is -5.46. The van der Waals surface area contributed by atoms with Gasteiger partial charge in [-0.25, -0.2) is 4.85 Å². The van der Waals surface area contributed by atoms with Crippen molar-refractivity contribution in [1.29, 1.82) is 5.26 Å². The summed E-state index contributed by atoms with van der Waals surface area (Å²) < 4.78 is 28.0. The van der Waals surface area contributed by atoms with Gasteiger partial charge in [0.15, 0.2) is 0 Å². The number of aryl methyl sites for hydroxylation is 1. The first-order valence-electron chi connectivity index (χ1n) is 30.4. The molecule has 1 aromatic heterocycles. The highest BCUT2D eigenvalue weighted by molar-refractivity contribution is 7.20. The van der Waals surface area contributed by atoms with Gasteiger partial charge in [0.2, 0.25) is 5.00 Å². The number of hydrogen-bond donors (Lipinski definition) is 2. The molecule has 0 aliphatic carbocycles. The first kappa shape index (κ1) is 71.6. The minimum absolute atomic E-state index is 0.00371. The standard InChI is InChI=1S/C64H99N5O11S/c1-6-8-10-12-14-16-18-20-22-24-26-28-30-32-34-54(63(72)73)49-59(70)79-46-44-77-41-39-69(56-36-37-58(52(3)48-56)67-68-62-57(51-65)53(4)61(66-5)81-62)38-40-76-42-43-78-45-47-80-60(71)50-55(64(74)75)35-33-31-29-27-25-23-21-19-17-15-13-11-9-7-2/h30-33,36-37,48,54-55H,6-29,34-35,38-47,49-50H2,1-4H3,(H,72,73)(H,74,75)/b32-30+,33-31+,68-67?. The molecule has 0 aliphatic heterocycles. The zero-order valence-electron chi connectivity index (χ0n) is 49.8. The molecule has 0 amide bonds. The number of esters is 2. The molecule has 0 bridgehead atoms. The Bertz CT molecular complexity index is 2220. The van der Waals surface area contributed by atoms with Crippen molar-refractivity contribution < 1.29 is 53.1 Å². The Labute approximate surface area is 489 Å². The van der Waals surface area contributed by atoms with Crippen LogP contribution in [0.4, 0.5) is 21.4 Å². The van der Waals surface area contributed by atoms with Gasteiger partial charge in [-0.2, -0.15) is 5.26 Å². The molecule has 0 radical (unpaired) electrons. The average Bonchev–Trinajstić information content (AvgIpc) is 3.85. The topological polar surface area (TPSA) is 211 Å². The summed E-state index contributed by atoms with van der Waals surface area (Å²) in [7, 11) is 0. The van der Waals surface area contributed by atoms with Gasteiger partial charge in [-0.1, -0.05) is 167 Å². The minimum atomic E-state index is -1.03. The van der Waals surface area contributed by atoms with Gasteiger partial charge in [0.05, 0.1) is 82.1 Å². The SMILES string of the molecule is [C-]#[N+]c1sc(N=Nc2ccc(N(CCOCCOCCOC(=O)CC(C/C=C/CCCCCCCCCCCCC)C(=O)O)CCOCCOC(=O)CC(C/C=C/CCCCCCCCCCCCC)C(=O)O)cc2C)c(C#N)c1C. The van der Waals surface area contributed by atoms with Gasteiger partial charge in [0.25, 0.3) is 0 Å². The number of hydrogen-bond acceptors (Lipinski definition) is 14. The van der Waals surface area contributed by atoms with E-state index in [1.807, 2.05) is 49.4 Å². The predicted octanol–water partition coefficient (Wildman–Crippen LogP) is 16.6. The number of rotatable bonds is 52. The number of nitriles is 1. The zero-order chi connectivity index (χ0) is 59.0. The molecule has 0 fully saturated rings. The Kier molecular flexibility index (Phi) is 42.6. The fourth-order valence-corrected chi connectivity index (χ4v) is 9.95. The molecule has 0 saturated carbocycles. The van der Waals surface area contributed by atoms with E-state index < -0.39 is 35.7 Å². The largest absolute Gasteiger partial charge is 0.481 e. The molecule has 2 unspecified atom stereocenters. The molecule has 81 heavy (non-hydrogen) atoms. The molecule has 17 heteroatoms. The number of thiophene rings is 1. The molecule has 2 aromatic rings. The van der Waals surface area contributed by atoms with Gasteiger partial charge >= 0.3 is 23.9 Å².